The van der Waals surface area contributed by atoms with Crippen LogP contribution in [0, 0.1) is 6.92 Å². The topological polar surface area (TPSA) is 51.5 Å². The quantitative estimate of drug-likeness (QED) is 0.230. The van der Waals surface area contributed by atoms with Gasteiger partial charge in [0.25, 0.3) is 11.1 Å². The van der Waals surface area contributed by atoms with Crippen molar-refractivity contribution in [3.8, 4) is 5.75 Å². The molecule has 0 unspecified atom stereocenters. The number of benzene rings is 3. The van der Waals surface area contributed by atoms with Crippen LogP contribution in [0.1, 0.15) is 16.7 Å². The van der Waals surface area contributed by atoms with Crippen LogP contribution in [0.5, 0.6) is 5.75 Å². The monoisotopic (exact) mass is 536 g/mol. The summed E-state index contributed by atoms with van der Waals surface area (Å²) in [6, 6.07) is 21.0. The number of aryl methyl sites for hydroxylation is 1. The van der Waals surface area contributed by atoms with Gasteiger partial charge in [0, 0.05) is 39.3 Å². The number of amides is 2. The molecule has 5 nitrogen and oxygen atoms in total. The van der Waals surface area contributed by atoms with Gasteiger partial charge < -0.3 is 9.30 Å². The van der Waals surface area contributed by atoms with E-state index in [2.05, 4.69) is 4.57 Å². The van der Waals surface area contributed by atoms with Crippen molar-refractivity contribution < 1.29 is 14.3 Å². The second kappa shape index (κ2) is 10.4. The fourth-order valence-corrected chi connectivity index (χ4v) is 5.40. The lowest BCUT2D eigenvalue weighted by atomic mass is 10.1. The Morgan fingerprint density at radius 1 is 1.00 bits per heavy atom. The van der Waals surface area contributed by atoms with Crippen LogP contribution in [0.3, 0.4) is 0 Å². The molecule has 4 aromatic rings. The molecule has 36 heavy (non-hydrogen) atoms. The first-order valence-corrected chi connectivity index (χ1v) is 12.9. The maximum atomic E-state index is 13.0. The molecule has 0 spiro atoms. The van der Waals surface area contributed by atoms with Crippen LogP contribution in [0.4, 0.5) is 4.79 Å². The number of rotatable bonds is 7. The average Bonchev–Trinajstić information content (AvgIpc) is 3.34. The van der Waals surface area contributed by atoms with E-state index in [1.165, 1.54) is 4.90 Å². The molecule has 0 radical (unpaired) electrons. The van der Waals surface area contributed by atoms with Crippen molar-refractivity contribution in [3.05, 3.63) is 105 Å². The van der Waals surface area contributed by atoms with Crippen LogP contribution < -0.4 is 4.74 Å². The molecule has 0 bridgehead atoms. The van der Waals surface area contributed by atoms with E-state index in [0.29, 0.717) is 27.2 Å². The van der Waals surface area contributed by atoms with Gasteiger partial charge >= 0.3 is 0 Å². The highest BCUT2D eigenvalue weighted by Gasteiger charge is 2.35. The molecular formula is C28H22Cl2N2O3S. The van der Waals surface area contributed by atoms with Crippen molar-refractivity contribution in [3.63, 3.8) is 0 Å². The minimum Gasteiger partial charge on any atom is -0.492 e. The van der Waals surface area contributed by atoms with Crippen LogP contribution in [0.2, 0.25) is 10.0 Å². The zero-order valence-corrected chi connectivity index (χ0v) is 21.7. The number of para-hydroxylation sites is 1. The van der Waals surface area contributed by atoms with Crippen LogP contribution in [0.15, 0.2) is 77.8 Å². The summed E-state index contributed by atoms with van der Waals surface area (Å²) in [5.74, 6) is 0.395. The van der Waals surface area contributed by atoms with Gasteiger partial charge in [0.1, 0.15) is 12.4 Å². The molecule has 0 N–H and O–H groups in total. The van der Waals surface area contributed by atoms with Crippen molar-refractivity contribution in [1.29, 1.82) is 0 Å². The predicted molar refractivity (Wildman–Crippen MR) is 147 cm³/mol. The molecule has 1 saturated heterocycles. The van der Waals surface area contributed by atoms with Gasteiger partial charge in [-0.2, -0.15) is 0 Å². The van der Waals surface area contributed by atoms with Crippen molar-refractivity contribution in [2.24, 2.45) is 0 Å². The molecule has 2 heterocycles. The van der Waals surface area contributed by atoms with Gasteiger partial charge in [0.15, 0.2) is 0 Å². The van der Waals surface area contributed by atoms with E-state index in [4.69, 9.17) is 27.9 Å². The Hall–Kier alpha value is -3.19. The highest BCUT2D eigenvalue weighted by Crippen LogP contribution is 2.34. The lowest BCUT2D eigenvalue weighted by Gasteiger charge is -2.13. The van der Waals surface area contributed by atoms with Crippen LogP contribution in [-0.2, 0) is 11.3 Å². The summed E-state index contributed by atoms with van der Waals surface area (Å²) in [7, 11) is 0. The zero-order valence-electron chi connectivity index (χ0n) is 19.4. The number of imide groups is 1. The number of aromatic nitrogens is 1. The number of ether oxygens (including phenoxy) is 1. The summed E-state index contributed by atoms with van der Waals surface area (Å²) < 4.78 is 7.79. The fourth-order valence-electron chi connectivity index (χ4n) is 4.08. The SMILES string of the molecule is Cc1ccc(OCCN2C(=O)S/C(=C\c3cn(Cc4ccc(Cl)cc4Cl)c4ccccc34)C2=O)cc1. The van der Waals surface area contributed by atoms with Gasteiger partial charge in [-0.05, 0) is 60.7 Å². The van der Waals surface area contributed by atoms with Gasteiger partial charge in [-0.15, -0.1) is 0 Å². The molecule has 3 aromatic carbocycles. The number of halogens is 2. The van der Waals surface area contributed by atoms with E-state index in [9.17, 15) is 9.59 Å². The third-order valence-electron chi connectivity index (χ3n) is 5.94. The summed E-state index contributed by atoms with van der Waals surface area (Å²) in [4.78, 5) is 27.3. The Morgan fingerprint density at radius 3 is 2.56 bits per heavy atom. The first-order chi connectivity index (χ1) is 17.4. The molecule has 182 valence electrons. The minimum absolute atomic E-state index is 0.187. The van der Waals surface area contributed by atoms with E-state index >= 15 is 0 Å². The van der Waals surface area contributed by atoms with E-state index in [0.717, 1.165) is 39.4 Å². The van der Waals surface area contributed by atoms with Crippen LogP contribution in [-0.4, -0.2) is 33.8 Å². The minimum atomic E-state index is -0.310. The Morgan fingerprint density at radius 2 is 1.78 bits per heavy atom. The normalized spacial score (nSPS) is 14.9. The number of carbonyl (C=O) groups excluding carboxylic acids is 2. The van der Waals surface area contributed by atoms with Gasteiger partial charge in [-0.1, -0.05) is 65.2 Å². The molecule has 2 amide bonds. The highest BCUT2D eigenvalue weighted by atomic mass is 35.5. The number of nitrogens with zero attached hydrogens (tertiary/aromatic N) is 2. The lowest BCUT2D eigenvalue weighted by Crippen LogP contribution is -2.32. The lowest BCUT2D eigenvalue weighted by molar-refractivity contribution is -0.123. The summed E-state index contributed by atoms with van der Waals surface area (Å²) in [5.41, 5.74) is 3.93. The molecule has 5 rings (SSSR count). The largest absolute Gasteiger partial charge is 0.492 e. The maximum absolute atomic E-state index is 13.0. The number of fused-ring (bicyclic) bond motifs is 1. The molecule has 1 aromatic heterocycles. The summed E-state index contributed by atoms with van der Waals surface area (Å²) in [6.07, 6.45) is 3.76. The number of hydrogen-bond acceptors (Lipinski definition) is 4. The molecular weight excluding hydrogens is 515 g/mol. The first kappa shape index (κ1) is 24.5. The summed E-state index contributed by atoms with van der Waals surface area (Å²) in [5, 5.41) is 1.87. The van der Waals surface area contributed by atoms with Gasteiger partial charge in [-0.3, -0.25) is 14.5 Å². The number of carbonyl (C=O) groups is 2. The standard InChI is InChI=1S/C28H22Cl2N2O3S/c1-18-6-10-22(11-7-18)35-13-12-32-27(33)26(36-28(32)34)14-20-17-31(25-5-3-2-4-23(20)25)16-19-8-9-21(29)15-24(19)30/h2-11,14-15,17H,12-13,16H2,1H3/b26-14-. The van der Waals surface area contributed by atoms with E-state index < -0.39 is 0 Å². The fraction of sp³-hybridized carbons (Fsp3) is 0.143. The average molecular weight is 537 g/mol. The van der Waals surface area contributed by atoms with E-state index in [1.807, 2.05) is 73.8 Å². The predicted octanol–water partition coefficient (Wildman–Crippen LogP) is 7.42. The Bertz CT molecular complexity index is 1490. The van der Waals surface area contributed by atoms with Gasteiger partial charge in [-0.25, -0.2) is 0 Å². The zero-order chi connectivity index (χ0) is 25.2. The van der Waals surface area contributed by atoms with Crippen molar-refractivity contribution >= 4 is 63.1 Å². The van der Waals surface area contributed by atoms with Crippen molar-refractivity contribution in [1.82, 2.24) is 9.47 Å². The van der Waals surface area contributed by atoms with Gasteiger partial charge in [0.05, 0.1) is 11.4 Å². The van der Waals surface area contributed by atoms with E-state index in [1.54, 1.807) is 12.1 Å². The second-order valence-electron chi connectivity index (χ2n) is 8.46. The molecule has 0 saturated carbocycles. The Labute approximate surface area is 223 Å². The Kier molecular flexibility index (Phi) is 7.10. The van der Waals surface area contributed by atoms with Crippen LogP contribution in [0.25, 0.3) is 17.0 Å². The first-order valence-electron chi connectivity index (χ1n) is 11.4. The highest BCUT2D eigenvalue weighted by molar-refractivity contribution is 8.18. The van der Waals surface area contributed by atoms with E-state index in [-0.39, 0.29) is 24.3 Å². The molecule has 1 aliphatic heterocycles. The number of thioether (sulfide) groups is 1. The second-order valence-corrected chi connectivity index (χ2v) is 10.3. The van der Waals surface area contributed by atoms with Crippen molar-refractivity contribution in [2.45, 2.75) is 13.5 Å². The maximum Gasteiger partial charge on any atom is 0.293 e. The molecule has 1 fully saturated rings. The third kappa shape index (κ3) is 5.16. The smallest absolute Gasteiger partial charge is 0.293 e. The molecule has 0 aliphatic carbocycles. The molecule has 1 aliphatic rings. The number of hydrogen-bond donors (Lipinski definition) is 0. The molecule has 0 atom stereocenters. The summed E-state index contributed by atoms with van der Waals surface area (Å²) in [6.45, 7) is 2.96. The van der Waals surface area contributed by atoms with Crippen molar-refractivity contribution in [2.75, 3.05) is 13.2 Å². The summed E-state index contributed by atoms with van der Waals surface area (Å²) >= 11 is 13.4. The molecule has 8 heteroatoms. The van der Waals surface area contributed by atoms with Gasteiger partial charge in [0.2, 0.25) is 0 Å². The third-order valence-corrected chi connectivity index (χ3v) is 7.43. The van der Waals surface area contributed by atoms with Crippen LogP contribution >= 0.6 is 35.0 Å². The Balaban J connectivity index is 1.35.